The molecule has 2 rings (SSSR count). The lowest BCUT2D eigenvalue weighted by Gasteiger charge is -2.30. The topological polar surface area (TPSA) is 36.1 Å². The van der Waals surface area contributed by atoms with Crippen LogP contribution < -0.4 is 0 Å². The lowest BCUT2D eigenvalue weighted by atomic mass is 9.92. The van der Waals surface area contributed by atoms with E-state index in [1.54, 1.807) is 6.20 Å². The van der Waals surface area contributed by atoms with Crippen LogP contribution in [0.25, 0.3) is 0 Å². The number of rotatable bonds is 0. The first-order chi connectivity index (χ1) is 6.33. The van der Waals surface area contributed by atoms with Crippen molar-refractivity contribution in [3.05, 3.63) is 11.8 Å². The van der Waals surface area contributed by atoms with E-state index in [1.165, 1.54) is 17.9 Å². The van der Waals surface area contributed by atoms with E-state index in [-0.39, 0.29) is 0 Å². The van der Waals surface area contributed by atoms with Crippen molar-refractivity contribution in [3.63, 3.8) is 0 Å². The molecule has 2 aliphatic heterocycles. The second-order valence-corrected chi connectivity index (χ2v) is 4.75. The molecule has 0 saturated carbocycles. The van der Waals surface area contributed by atoms with Crippen LogP contribution in [0, 0.1) is 17.2 Å². The van der Waals surface area contributed by atoms with Crippen molar-refractivity contribution in [2.45, 2.75) is 25.0 Å². The molecular formula is C10H12N2S. The van der Waals surface area contributed by atoms with Gasteiger partial charge in [0.15, 0.2) is 0 Å². The summed E-state index contributed by atoms with van der Waals surface area (Å²) < 4.78 is 0. The van der Waals surface area contributed by atoms with E-state index in [0.717, 1.165) is 12.0 Å². The Kier molecular flexibility index (Phi) is 2.41. The second kappa shape index (κ2) is 3.55. The van der Waals surface area contributed by atoms with Gasteiger partial charge in [0.2, 0.25) is 0 Å². The average Bonchev–Trinajstić information content (AvgIpc) is 2.19. The molecule has 2 unspecified atom stereocenters. The molecule has 1 fully saturated rings. The molecule has 0 amide bonds. The highest BCUT2D eigenvalue weighted by Crippen LogP contribution is 2.34. The Labute approximate surface area is 82.7 Å². The predicted molar refractivity (Wildman–Crippen MR) is 55.8 cm³/mol. The van der Waals surface area contributed by atoms with E-state index < -0.39 is 0 Å². The predicted octanol–water partition coefficient (Wildman–Crippen LogP) is 2.38. The van der Waals surface area contributed by atoms with E-state index >= 15 is 0 Å². The van der Waals surface area contributed by atoms with Gasteiger partial charge in [0.05, 0.1) is 16.9 Å². The van der Waals surface area contributed by atoms with Gasteiger partial charge < -0.3 is 0 Å². The van der Waals surface area contributed by atoms with Crippen LogP contribution in [0.1, 0.15) is 19.8 Å². The zero-order valence-corrected chi connectivity index (χ0v) is 8.47. The van der Waals surface area contributed by atoms with E-state index in [0.29, 0.717) is 11.2 Å². The Hall–Kier alpha value is -0.750. The van der Waals surface area contributed by atoms with E-state index in [2.05, 4.69) is 18.0 Å². The molecule has 2 nitrogen and oxygen atoms in total. The van der Waals surface area contributed by atoms with Crippen molar-refractivity contribution in [2.24, 2.45) is 10.9 Å². The highest BCUT2D eigenvalue weighted by molar-refractivity contribution is 8.00. The van der Waals surface area contributed by atoms with Crippen molar-refractivity contribution < 1.29 is 0 Å². The quantitative estimate of drug-likeness (QED) is 0.590. The van der Waals surface area contributed by atoms with Gasteiger partial charge in [-0.25, -0.2) is 0 Å². The molecule has 2 heterocycles. The SMILES string of the molecule is CC1C(C#N)=CN=C2CCCSC21. The molecule has 68 valence electrons. The normalized spacial score (nSPS) is 32.6. The monoisotopic (exact) mass is 192 g/mol. The molecule has 13 heavy (non-hydrogen) atoms. The van der Waals surface area contributed by atoms with Gasteiger partial charge in [-0.05, 0) is 18.6 Å². The summed E-state index contributed by atoms with van der Waals surface area (Å²) >= 11 is 1.95. The van der Waals surface area contributed by atoms with Crippen molar-refractivity contribution in [2.75, 3.05) is 5.75 Å². The molecule has 0 aliphatic carbocycles. The number of nitrogens with zero attached hydrogens (tertiary/aromatic N) is 2. The molecule has 0 spiro atoms. The number of hydrogen-bond donors (Lipinski definition) is 0. The van der Waals surface area contributed by atoms with Crippen LogP contribution in [-0.4, -0.2) is 16.7 Å². The Balaban J connectivity index is 2.28. The third-order valence-electron chi connectivity index (χ3n) is 2.65. The molecule has 2 aliphatic rings. The maximum absolute atomic E-state index is 8.85. The minimum atomic E-state index is 0.364. The summed E-state index contributed by atoms with van der Waals surface area (Å²) in [6.45, 7) is 2.13. The molecular weight excluding hydrogens is 180 g/mol. The Bertz CT molecular complexity index is 311. The van der Waals surface area contributed by atoms with Crippen molar-refractivity contribution in [1.29, 1.82) is 5.26 Å². The molecule has 0 aromatic heterocycles. The molecule has 1 saturated heterocycles. The third-order valence-corrected chi connectivity index (χ3v) is 4.21. The standard InChI is InChI=1S/C10H12N2S/c1-7-8(5-11)6-12-9-3-2-4-13-10(7)9/h6-7,10H,2-4H2,1H3. The fraction of sp³-hybridized carbons (Fsp3) is 0.600. The van der Waals surface area contributed by atoms with Gasteiger partial charge >= 0.3 is 0 Å². The first-order valence-electron chi connectivity index (χ1n) is 4.61. The lowest BCUT2D eigenvalue weighted by molar-refractivity contribution is 0.714. The van der Waals surface area contributed by atoms with Crippen molar-refractivity contribution in [1.82, 2.24) is 0 Å². The lowest BCUT2D eigenvalue weighted by Crippen LogP contribution is -2.31. The number of fused-ring (bicyclic) bond motifs is 1. The maximum Gasteiger partial charge on any atom is 0.0966 e. The first-order valence-corrected chi connectivity index (χ1v) is 5.66. The maximum atomic E-state index is 8.85. The van der Waals surface area contributed by atoms with E-state index in [4.69, 9.17) is 5.26 Å². The van der Waals surface area contributed by atoms with Gasteiger partial charge in [-0.2, -0.15) is 17.0 Å². The number of allylic oxidation sites excluding steroid dienone is 1. The molecule has 0 aromatic carbocycles. The minimum Gasteiger partial charge on any atom is -0.263 e. The second-order valence-electron chi connectivity index (χ2n) is 3.50. The van der Waals surface area contributed by atoms with E-state index in [9.17, 15) is 0 Å². The number of thioether (sulfide) groups is 1. The fourth-order valence-corrected chi connectivity index (χ4v) is 3.21. The fourth-order valence-electron chi connectivity index (χ4n) is 1.84. The number of hydrogen-bond acceptors (Lipinski definition) is 3. The highest BCUT2D eigenvalue weighted by atomic mass is 32.2. The first kappa shape index (κ1) is 8.83. The zero-order chi connectivity index (χ0) is 9.26. The van der Waals surface area contributed by atoms with Crippen LogP contribution in [0.15, 0.2) is 16.8 Å². The summed E-state index contributed by atoms with van der Waals surface area (Å²) in [5.41, 5.74) is 2.13. The zero-order valence-electron chi connectivity index (χ0n) is 7.66. The van der Waals surface area contributed by atoms with Crippen LogP contribution in [0.3, 0.4) is 0 Å². The minimum absolute atomic E-state index is 0.364. The van der Waals surface area contributed by atoms with Crippen molar-refractivity contribution >= 4 is 17.5 Å². The summed E-state index contributed by atoms with van der Waals surface area (Å²) in [6, 6.07) is 2.23. The average molecular weight is 192 g/mol. The van der Waals surface area contributed by atoms with Gasteiger partial charge in [0.25, 0.3) is 0 Å². The summed E-state index contributed by atoms with van der Waals surface area (Å²) in [4.78, 5) is 4.37. The van der Waals surface area contributed by atoms with Crippen LogP contribution in [-0.2, 0) is 0 Å². The Morgan fingerprint density at radius 1 is 1.69 bits per heavy atom. The molecule has 3 heteroatoms. The number of nitriles is 1. The smallest absolute Gasteiger partial charge is 0.0966 e. The van der Waals surface area contributed by atoms with Gasteiger partial charge in [-0.15, -0.1) is 0 Å². The van der Waals surface area contributed by atoms with Crippen LogP contribution in [0.2, 0.25) is 0 Å². The van der Waals surface area contributed by atoms with Gasteiger partial charge in [0.1, 0.15) is 0 Å². The number of aliphatic imine (C=N–C) groups is 1. The van der Waals surface area contributed by atoms with Gasteiger partial charge in [0, 0.05) is 17.8 Å². The Morgan fingerprint density at radius 2 is 2.54 bits per heavy atom. The summed E-state index contributed by atoms with van der Waals surface area (Å²) in [7, 11) is 0. The van der Waals surface area contributed by atoms with Gasteiger partial charge in [-0.1, -0.05) is 6.92 Å². The van der Waals surface area contributed by atoms with Crippen LogP contribution in [0.5, 0.6) is 0 Å². The third kappa shape index (κ3) is 1.51. The molecule has 2 atom stereocenters. The largest absolute Gasteiger partial charge is 0.263 e. The summed E-state index contributed by atoms with van der Waals surface area (Å²) in [6.07, 6.45) is 4.11. The molecule has 0 aromatic rings. The van der Waals surface area contributed by atoms with Crippen molar-refractivity contribution in [3.8, 4) is 6.07 Å². The Morgan fingerprint density at radius 3 is 3.31 bits per heavy atom. The summed E-state index contributed by atoms with van der Waals surface area (Å²) in [5.74, 6) is 1.58. The molecule has 0 bridgehead atoms. The summed E-state index contributed by atoms with van der Waals surface area (Å²) in [5, 5.41) is 9.33. The highest BCUT2D eigenvalue weighted by Gasteiger charge is 2.30. The molecule has 0 radical (unpaired) electrons. The molecule has 0 N–H and O–H groups in total. The van der Waals surface area contributed by atoms with E-state index in [1.807, 2.05) is 11.8 Å². The van der Waals surface area contributed by atoms with Crippen LogP contribution in [0.4, 0.5) is 0 Å². The van der Waals surface area contributed by atoms with Gasteiger partial charge in [-0.3, -0.25) is 4.99 Å². The van der Waals surface area contributed by atoms with Crippen LogP contribution >= 0.6 is 11.8 Å².